The van der Waals surface area contributed by atoms with Gasteiger partial charge < -0.3 is 67.8 Å². The van der Waals surface area contributed by atoms with Crippen LogP contribution in [0, 0.1) is 23.7 Å². The Balaban J connectivity index is 1.18. The lowest BCUT2D eigenvalue weighted by molar-refractivity contribution is -0.353. The first kappa shape index (κ1) is 47.9. The lowest BCUT2D eigenvalue weighted by Gasteiger charge is -2.52. The standard InChI is InChI=1S/C47H72O15/c1-23(2)41-27(6)34(48)21-46(62-41)20-32-17-31(61-46)15-14-25(4)42(24(3)12-11-13-30-22-55-44-39(49)26(5)16-33(45(51)58-32)47(30,44)52)59-38-19-36(54-10)43(29(8)57-38)60-37-18-35(53-9)40(50)28(7)56-37/h11-14,16,23-24,27-29,31-44,48-50,52H,15,17-22H2,1-10H3/b12-11+,25-14-,30-13-/t24-,27-,28-,29-,31-,32-,33+,34-,35-,36-,37-,38-,39+,40-,41+,42-,43-,44-,46-,47+/m0/s1. The van der Waals surface area contributed by atoms with E-state index in [1.165, 1.54) is 0 Å². The number of carbonyl (C=O) groups is 1. The fourth-order valence-electron chi connectivity index (χ4n) is 10.9. The van der Waals surface area contributed by atoms with Crippen molar-refractivity contribution in [1.82, 2.24) is 0 Å². The number of aliphatic hydroxyl groups is 4. The maximum absolute atomic E-state index is 14.3. The van der Waals surface area contributed by atoms with E-state index in [9.17, 15) is 25.2 Å². The Hall–Kier alpha value is -2.09. The summed E-state index contributed by atoms with van der Waals surface area (Å²) in [7, 11) is 3.20. The summed E-state index contributed by atoms with van der Waals surface area (Å²) >= 11 is 0. The van der Waals surface area contributed by atoms with Gasteiger partial charge in [-0.05, 0) is 56.8 Å². The Bertz CT molecular complexity index is 1700. The van der Waals surface area contributed by atoms with Crippen LogP contribution in [-0.2, 0) is 52.2 Å². The van der Waals surface area contributed by atoms with Crippen LogP contribution in [0.1, 0.15) is 93.9 Å². The monoisotopic (exact) mass is 876 g/mol. The van der Waals surface area contributed by atoms with Crippen molar-refractivity contribution in [1.29, 1.82) is 0 Å². The average molecular weight is 877 g/mol. The Labute approximate surface area is 366 Å². The molecule has 350 valence electrons. The van der Waals surface area contributed by atoms with Crippen LogP contribution >= 0.6 is 0 Å². The quantitative estimate of drug-likeness (QED) is 0.210. The van der Waals surface area contributed by atoms with Gasteiger partial charge in [-0.1, -0.05) is 58.1 Å². The summed E-state index contributed by atoms with van der Waals surface area (Å²) in [6, 6.07) is 0. The molecule has 5 fully saturated rings. The van der Waals surface area contributed by atoms with Crippen LogP contribution in [0.25, 0.3) is 0 Å². The molecule has 20 atom stereocenters. The number of rotatable bonds is 7. The molecule has 15 nitrogen and oxygen atoms in total. The molecule has 2 bridgehead atoms. The van der Waals surface area contributed by atoms with Crippen molar-refractivity contribution in [3.8, 4) is 0 Å². The Morgan fingerprint density at radius 2 is 1.55 bits per heavy atom. The van der Waals surface area contributed by atoms with Gasteiger partial charge in [0.1, 0.15) is 42.0 Å². The van der Waals surface area contributed by atoms with Crippen molar-refractivity contribution < 1.29 is 72.6 Å². The first-order valence-electron chi connectivity index (χ1n) is 22.7. The van der Waals surface area contributed by atoms with Crippen LogP contribution in [0.4, 0.5) is 0 Å². The molecule has 4 N–H and O–H groups in total. The molecule has 0 amide bonds. The third-order valence-electron chi connectivity index (χ3n) is 14.5. The van der Waals surface area contributed by atoms with E-state index in [-0.39, 0.29) is 43.3 Å². The van der Waals surface area contributed by atoms with E-state index in [4.69, 9.17) is 47.4 Å². The van der Waals surface area contributed by atoms with Crippen LogP contribution in [0.3, 0.4) is 0 Å². The van der Waals surface area contributed by atoms with E-state index in [2.05, 4.69) is 19.9 Å². The number of hydrogen-bond donors (Lipinski definition) is 4. The Morgan fingerprint density at radius 3 is 2.26 bits per heavy atom. The van der Waals surface area contributed by atoms with Gasteiger partial charge in [0.15, 0.2) is 18.4 Å². The largest absolute Gasteiger partial charge is 0.462 e. The molecule has 0 saturated carbocycles. The smallest absolute Gasteiger partial charge is 0.316 e. The van der Waals surface area contributed by atoms with Gasteiger partial charge in [0.2, 0.25) is 0 Å². The van der Waals surface area contributed by atoms with Gasteiger partial charge in [0.25, 0.3) is 0 Å². The third kappa shape index (κ3) is 9.58. The molecule has 0 aromatic rings. The molecule has 7 aliphatic rings. The molecule has 15 heteroatoms. The number of allylic oxidation sites excluding steroid dienone is 2. The minimum Gasteiger partial charge on any atom is -0.462 e. The number of ether oxygens (including phenoxy) is 10. The molecule has 6 aliphatic heterocycles. The lowest BCUT2D eigenvalue weighted by atomic mass is 9.71. The Morgan fingerprint density at radius 1 is 0.855 bits per heavy atom. The first-order valence-corrected chi connectivity index (χ1v) is 22.7. The molecule has 0 unspecified atom stereocenters. The summed E-state index contributed by atoms with van der Waals surface area (Å²) < 4.78 is 63.4. The van der Waals surface area contributed by atoms with E-state index in [0.717, 1.165) is 5.57 Å². The van der Waals surface area contributed by atoms with Crippen molar-refractivity contribution in [2.24, 2.45) is 23.7 Å². The number of fused-ring (bicyclic) bond motifs is 2. The minimum absolute atomic E-state index is 0.0105. The SMILES string of the molecule is CO[C@H]1C[C@H](O[C@H]2[C@H](C)O[C@@H](O[C@@H]3/C(C)=C\C[C@H]4C[C@@H](C[C@]5(C[C@H](O)[C@H](C)[C@@H](C(C)C)O5)O4)OC(=O)[C@H]4C=C(C)[C@@H](O)[C@@H]5OC/C(=C/C=C/[C@@H]3C)[C@@]45O)C[C@@H]2OC)O[C@@H](C)[C@@H]1O. The number of esters is 1. The van der Waals surface area contributed by atoms with Crippen LogP contribution in [0.5, 0.6) is 0 Å². The van der Waals surface area contributed by atoms with Crippen LogP contribution in [0.2, 0.25) is 0 Å². The average Bonchev–Trinajstić information content (AvgIpc) is 3.56. The van der Waals surface area contributed by atoms with Crippen molar-refractivity contribution in [3.63, 3.8) is 0 Å². The van der Waals surface area contributed by atoms with E-state index in [1.807, 2.05) is 39.8 Å². The van der Waals surface area contributed by atoms with Crippen LogP contribution in [0.15, 0.2) is 47.1 Å². The van der Waals surface area contributed by atoms with Crippen molar-refractivity contribution in [2.75, 3.05) is 20.8 Å². The summed E-state index contributed by atoms with van der Waals surface area (Å²) in [6.07, 6.45) is 2.11. The number of methoxy groups -OCH3 is 2. The van der Waals surface area contributed by atoms with Gasteiger partial charge in [-0.3, -0.25) is 4.79 Å². The topological polar surface area (TPSA) is 190 Å². The second-order valence-corrected chi connectivity index (χ2v) is 19.3. The summed E-state index contributed by atoms with van der Waals surface area (Å²) in [5, 5.41) is 45.6. The highest BCUT2D eigenvalue weighted by Crippen LogP contribution is 2.48. The van der Waals surface area contributed by atoms with E-state index < -0.39 is 109 Å². The highest BCUT2D eigenvalue weighted by atomic mass is 16.7. The van der Waals surface area contributed by atoms with Crippen molar-refractivity contribution >= 4 is 5.97 Å². The fraction of sp³-hybridized carbons (Fsp3) is 0.809. The van der Waals surface area contributed by atoms with Gasteiger partial charge >= 0.3 is 5.97 Å². The number of aliphatic hydroxyl groups excluding tert-OH is 3. The molecule has 1 aliphatic carbocycles. The van der Waals surface area contributed by atoms with Gasteiger partial charge in [-0.2, -0.15) is 0 Å². The van der Waals surface area contributed by atoms with Gasteiger partial charge in [0.05, 0.1) is 55.4 Å². The summed E-state index contributed by atoms with van der Waals surface area (Å²) in [4.78, 5) is 14.3. The van der Waals surface area contributed by atoms with Gasteiger partial charge in [0, 0.05) is 58.2 Å². The molecule has 6 heterocycles. The lowest BCUT2D eigenvalue weighted by Crippen LogP contribution is -2.60. The zero-order chi connectivity index (χ0) is 44.8. The summed E-state index contributed by atoms with van der Waals surface area (Å²) in [5.41, 5.74) is 0.0192. The van der Waals surface area contributed by atoms with E-state index in [0.29, 0.717) is 36.8 Å². The molecule has 0 radical (unpaired) electrons. The zero-order valence-corrected chi connectivity index (χ0v) is 38.1. The molecule has 1 spiro atoms. The molecule has 0 aromatic carbocycles. The third-order valence-corrected chi connectivity index (χ3v) is 14.5. The fourth-order valence-corrected chi connectivity index (χ4v) is 10.9. The first-order chi connectivity index (χ1) is 29.4. The molecule has 7 rings (SSSR count). The van der Waals surface area contributed by atoms with E-state index in [1.54, 1.807) is 40.2 Å². The highest BCUT2D eigenvalue weighted by molar-refractivity contribution is 5.78. The molecular weight excluding hydrogens is 805 g/mol. The molecule has 5 saturated heterocycles. The predicted molar refractivity (Wildman–Crippen MR) is 224 cm³/mol. The molecule has 62 heavy (non-hydrogen) atoms. The maximum atomic E-state index is 14.3. The predicted octanol–water partition coefficient (Wildman–Crippen LogP) is 4.18. The Kier molecular flexibility index (Phi) is 15.0. The second kappa shape index (κ2) is 19.4. The van der Waals surface area contributed by atoms with Gasteiger partial charge in [-0.15, -0.1) is 0 Å². The summed E-state index contributed by atoms with van der Waals surface area (Å²) in [5.74, 6) is -3.24. The molecule has 0 aromatic heterocycles. The number of hydrogen-bond acceptors (Lipinski definition) is 15. The summed E-state index contributed by atoms with van der Waals surface area (Å²) in [6.45, 7) is 15.6. The second-order valence-electron chi connectivity index (χ2n) is 19.3. The maximum Gasteiger partial charge on any atom is 0.316 e. The number of carbonyl (C=O) groups excluding carboxylic acids is 1. The molecular formula is C47H72O15. The van der Waals surface area contributed by atoms with E-state index >= 15 is 0 Å². The van der Waals surface area contributed by atoms with Crippen LogP contribution in [-0.4, -0.2) is 151 Å². The highest BCUT2D eigenvalue weighted by Gasteiger charge is 2.60. The minimum atomic E-state index is -1.87. The zero-order valence-electron chi connectivity index (χ0n) is 38.1. The van der Waals surface area contributed by atoms with Gasteiger partial charge in [-0.25, -0.2) is 0 Å². The normalized spacial score (nSPS) is 50.2. The van der Waals surface area contributed by atoms with Crippen molar-refractivity contribution in [2.45, 2.75) is 197 Å². The van der Waals surface area contributed by atoms with Crippen LogP contribution < -0.4 is 0 Å². The van der Waals surface area contributed by atoms with Crippen molar-refractivity contribution in [3.05, 3.63) is 47.1 Å².